The molecule has 0 fully saturated rings. The molecule has 0 aliphatic carbocycles. The van der Waals surface area contributed by atoms with E-state index in [0.29, 0.717) is 11.4 Å². The quantitative estimate of drug-likeness (QED) is 0.136. The van der Waals surface area contributed by atoms with E-state index in [1.807, 2.05) is 6.07 Å². The van der Waals surface area contributed by atoms with Gasteiger partial charge in [0.05, 0.1) is 27.1 Å². The molecule has 2 aromatic carbocycles. The van der Waals surface area contributed by atoms with Crippen LogP contribution in [0.4, 0.5) is 11.4 Å². The zero-order valence-corrected chi connectivity index (χ0v) is 28.8. The van der Waals surface area contributed by atoms with E-state index in [1.165, 1.54) is 64.5 Å². The molecule has 44 heavy (non-hydrogen) atoms. The highest BCUT2D eigenvalue weighted by atomic mass is 35.5. The number of hydrogen-bond donors (Lipinski definition) is 2. The molecule has 1 aliphatic heterocycles. The van der Waals surface area contributed by atoms with Crippen molar-refractivity contribution in [3.8, 4) is 0 Å². The SMILES string of the molecule is CC1=NN(c2cc(Cl)c(S(=O)(=O)O)cc2Cl)C(=O)C1N=Nc1ccccc1.CCCCC(CC)CNCC(CC)CCCC. The Kier molecular flexibility index (Phi) is 16.5. The van der Waals surface area contributed by atoms with E-state index in [1.54, 1.807) is 31.2 Å². The van der Waals surface area contributed by atoms with E-state index in [9.17, 15) is 13.2 Å². The molecule has 0 spiro atoms. The molecular formula is C32H47Cl2N5O4S. The second-order valence-corrected chi connectivity index (χ2v) is 13.2. The van der Waals surface area contributed by atoms with Crippen molar-refractivity contribution in [2.45, 2.75) is 96.9 Å². The molecule has 1 aliphatic rings. The highest BCUT2D eigenvalue weighted by molar-refractivity contribution is 7.86. The van der Waals surface area contributed by atoms with E-state index in [2.05, 4.69) is 48.3 Å². The summed E-state index contributed by atoms with van der Waals surface area (Å²) in [6.45, 7) is 13.3. The van der Waals surface area contributed by atoms with Gasteiger partial charge in [-0.15, -0.1) is 0 Å². The lowest BCUT2D eigenvalue weighted by molar-refractivity contribution is -0.117. The molecular weight excluding hydrogens is 621 g/mol. The Morgan fingerprint density at radius 3 is 2.02 bits per heavy atom. The smallest absolute Gasteiger partial charge is 0.296 e. The Morgan fingerprint density at radius 2 is 1.52 bits per heavy atom. The highest BCUT2D eigenvalue weighted by Gasteiger charge is 2.36. The summed E-state index contributed by atoms with van der Waals surface area (Å²) in [5.74, 6) is 1.28. The lowest BCUT2D eigenvalue weighted by atomic mass is 9.97. The summed E-state index contributed by atoms with van der Waals surface area (Å²) in [6.07, 6.45) is 10.9. The van der Waals surface area contributed by atoms with E-state index >= 15 is 0 Å². The maximum absolute atomic E-state index is 12.7. The normalized spacial score (nSPS) is 16.5. The summed E-state index contributed by atoms with van der Waals surface area (Å²) in [6, 6.07) is 10.0. The zero-order chi connectivity index (χ0) is 32.7. The van der Waals surface area contributed by atoms with Crippen LogP contribution in [0.5, 0.6) is 0 Å². The minimum Gasteiger partial charge on any atom is -0.316 e. The second-order valence-electron chi connectivity index (χ2n) is 11.0. The average molecular weight is 669 g/mol. The molecule has 2 aromatic rings. The van der Waals surface area contributed by atoms with E-state index in [4.69, 9.17) is 27.8 Å². The Labute approximate surface area is 273 Å². The third kappa shape index (κ3) is 11.9. The van der Waals surface area contributed by atoms with Gasteiger partial charge in [-0.2, -0.15) is 28.8 Å². The van der Waals surface area contributed by atoms with Gasteiger partial charge in [0.15, 0.2) is 6.04 Å². The highest BCUT2D eigenvalue weighted by Crippen LogP contribution is 2.36. The number of nitrogens with one attached hydrogen (secondary N) is 1. The number of rotatable bonds is 16. The predicted octanol–water partition coefficient (Wildman–Crippen LogP) is 9.12. The molecule has 12 heteroatoms. The molecule has 3 atom stereocenters. The van der Waals surface area contributed by atoms with Gasteiger partial charge >= 0.3 is 0 Å². The van der Waals surface area contributed by atoms with Crippen molar-refractivity contribution in [1.29, 1.82) is 0 Å². The molecule has 1 heterocycles. The maximum Gasteiger partial charge on any atom is 0.296 e. The van der Waals surface area contributed by atoms with Gasteiger partial charge in [-0.3, -0.25) is 9.35 Å². The van der Waals surface area contributed by atoms with Gasteiger partial charge in [-0.25, -0.2) is 0 Å². The van der Waals surface area contributed by atoms with Crippen LogP contribution in [0.1, 0.15) is 86.0 Å². The summed E-state index contributed by atoms with van der Waals surface area (Å²) < 4.78 is 31.8. The van der Waals surface area contributed by atoms with Crippen LogP contribution in [0.3, 0.4) is 0 Å². The average Bonchev–Trinajstić information content (AvgIpc) is 3.28. The van der Waals surface area contributed by atoms with Gasteiger partial charge in [0, 0.05) is 0 Å². The zero-order valence-electron chi connectivity index (χ0n) is 26.5. The fourth-order valence-corrected chi connectivity index (χ4v) is 6.07. The largest absolute Gasteiger partial charge is 0.316 e. The van der Waals surface area contributed by atoms with Crippen LogP contribution >= 0.6 is 23.2 Å². The molecule has 0 bridgehead atoms. The van der Waals surface area contributed by atoms with E-state index < -0.39 is 27.0 Å². The maximum atomic E-state index is 12.7. The molecule has 0 aromatic heterocycles. The standard InChI is InChI=1S/C16H12Cl2N4O4S.C16H35N/c1-9-15(20-19-10-5-3-2-4-6-10)16(23)22(21-9)13-7-12(18)14(8-11(13)17)27(24,25)26;1-5-9-11-15(7-3)13-17-14-16(8-4)12-10-6-2/h2-8,15H,1H3,(H,24,25,26);15-17H,5-14H2,1-4H3. The molecule has 1 amide bonds. The van der Waals surface area contributed by atoms with Crippen LogP contribution in [0.15, 0.2) is 62.7 Å². The van der Waals surface area contributed by atoms with Crippen LogP contribution in [0.25, 0.3) is 0 Å². The van der Waals surface area contributed by atoms with E-state index in [0.717, 1.165) is 29.0 Å². The first-order chi connectivity index (χ1) is 21.0. The number of unbranched alkanes of at least 4 members (excludes halogenated alkanes) is 2. The molecule has 244 valence electrons. The Balaban J connectivity index is 0.000000345. The van der Waals surface area contributed by atoms with Gasteiger partial charge in [0.2, 0.25) is 0 Å². The minimum absolute atomic E-state index is 0.0656. The van der Waals surface area contributed by atoms with Gasteiger partial charge in [0.1, 0.15) is 4.90 Å². The third-order valence-electron chi connectivity index (χ3n) is 7.60. The lowest BCUT2D eigenvalue weighted by Gasteiger charge is -2.19. The van der Waals surface area contributed by atoms with Gasteiger partial charge < -0.3 is 5.32 Å². The van der Waals surface area contributed by atoms with Crippen molar-refractivity contribution in [1.82, 2.24) is 5.32 Å². The Bertz CT molecular complexity index is 1340. The van der Waals surface area contributed by atoms with Crippen molar-refractivity contribution in [2.75, 3.05) is 18.1 Å². The van der Waals surface area contributed by atoms with Crippen molar-refractivity contribution in [2.24, 2.45) is 27.2 Å². The van der Waals surface area contributed by atoms with Crippen LogP contribution < -0.4 is 10.3 Å². The molecule has 0 radical (unpaired) electrons. The number of anilines is 1. The number of halogens is 2. The molecule has 0 saturated carbocycles. The molecule has 3 unspecified atom stereocenters. The van der Waals surface area contributed by atoms with Crippen molar-refractivity contribution >= 4 is 56.3 Å². The predicted molar refractivity (Wildman–Crippen MR) is 181 cm³/mol. The number of hydrazone groups is 1. The fourth-order valence-electron chi connectivity index (χ4n) is 4.74. The summed E-state index contributed by atoms with van der Waals surface area (Å²) in [4.78, 5) is 12.1. The van der Waals surface area contributed by atoms with Gasteiger partial charge in [-0.1, -0.05) is 108 Å². The minimum atomic E-state index is -4.56. The Morgan fingerprint density at radius 1 is 0.955 bits per heavy atom. The first-order valence-corrected chi connectivity index (χ1v) is 17.7. The summed E-state index contributed by atoms with van der Waals surface area (Å²) >= 11 is 12.0. The molecule has 9 nitrogen and oxygen atoms in total. The summed E-state index contributed by atoms with van der Waals surface area (Å²) in [5.41, 5.74) is 1.02. The number of carbonyl (C=O) groups excluding carboxylic acids is 1. The van der Waals surface area contributed by atoms with Crippen LogP contribution in [-0.4, -0.2) is 43.7 Å². The van der Waals surface area contributed by atoms with Crippen molar-refractivity contribution in [3.63, 3.8) is 0 Å². The van der Waals surface area contributed by atoms with Crippen LogP contribution in [-0.2, 0) is 14.9 Å². The topological polar surface area (TPSA) is 124 Å². The second kappa shape index (κ2) is 19.2. The monoisotopic (exact) mass is 667 g/mol. The third-order valence-corrected chi connectivity index (χ3v) is 9.22. The first kappa shape index (κ1) is 37.8. The van der Waals surface area contributed by atoms with Crippen molar-refractivity contribution < 1.29 is 17.8 Å². The number of nitrogens with zero attached hydrogens (tertiary/aromatic N) is 4. The number of azo groups is 1. The van der Waals surface area contributed by atoms with Crippen LogP contribution in [0, 0.1) is 11.8 Å². The molecule has 0 saturated heterocycles. The number of amides is 1. The number of carbonyl (C=O) groups is 1. The molecule has 3 rings (SSSR count). The number of benzene rings is 2. The van der Waals surface area contributed by atoms with Crippen molar-refractivity contribution in [3.05, 3.63) is 52.5 Å². The number of hydrogen-bond acceptors (Lipinski definition) is 7. The molecule has 2 N–H and O–H groups in total. The summed E-state index contributed by atoms with van der Waals surface area (Å²) in [7, 11) is -4.56. The summed E-state index contributed by atoms with van der Waals surface area (Å²) in [5, 5.41) is 16.4. The fraction of sp³-hybridized carbons (Fsp3) is 0.562. The Hall–Kier alpha value is -2.37. The van der Waals surface area contributed by atoms with Gasteiger partial charge in [-0.05, 0) is 69.0 Å². The van der Waals surface area contributed by atoms with Gasteiger partial charge in [0.25, 0.3) is 16.0 Å². The van der Waals surface area contributed by atoms with Crippen LogP contribution in [0.2, 0.25) is 10.0 Å². The first-order valence-electron chi connectivity index (χ1n) is 15.5. The van der Waals surface area contributed by atoms with E-state index in [-0.39, 0.29) is 15.7 Å². The lowest BCUT2D eigenvalue weighted by Crippen LogP contribution is -2.30.